The first-order chi connectivity index (χ1) is 15.1. The van der Waals surface area contributed by atoms with E-state index in [0.717, 1.165) is 27.6 Å². The van der Waals surface area contributed by atoms with Gasteiger partial charge in [-0.05, 0) is 61.4 Å². The van der Waals surface area contributed by atoms with Gasteiger partial charge in [-0.1, -0.05) is 31.8 Å². The summed E-state index contributed by atoms with van der Waals surface area (Å²) in [5, 5.41) is 4.78. The molecule has 162 valence electrons. The fraction of sp³-hybridized carbons (Fsp3) is 0.250. The largest absolute Gasteiger partial charge is 0.455 e. The lowest BCUT2D eigenvalue weighted by atomic mass is 9.95. The van der Waals surface area contributed by atoms with E-state index < -0.39 is 8.07 Å². The zero-order valence-corrected chi connectivity index (χ0v) is 20.9. The third kappa shape index (κ3) is 3.00. The fourth-order valence-electron chi connectivity index (χ4n) is 5.03. The molecular formula is C28H29FNOSi+. The standard InChI is InChI=1S/C28H29FNOSi/c1-16-9-8-10-21-25(32(5,6)7)15-23(30(4)27(16)21)26-18(3)17(2)13-22-20-12-11-19(29)14-24(20)31-28(22)26/h8-15H,1-7H3/q+1. The van der Waals surface area contributed by atoms with Crippen LogP contribution < -0.4 is 9.75 Å². The molecule has 0 N–H and O–H groups in total. The number of aromatic nitrogens is 1. The van der Waals surface area contributed by atoms with Crippen molar-refractivity contribution in [2.24, 2.45) is 7.05 Å². The Labute approximate surface area is 189 Å². The molecule has 0 bridgehead atoms. The fourth-order valence-corrected chi connectivity index (χ4v) is 6.61. The number of halogens is 1. The number of nitrogens with zero attached hydrogens (tertiary/aromatic N) is 1. The van der Waals surface area contributed by atoms with Gasteiger partial charge in [0.25, 0.3) is 0 Å². The molecule has 0 saturated heterocycles. The molecule has 2 aromatic heterocycles. The number of benzene rings is 3. The summed E-state index contributed by atoms with van der Waals surface area (Å²) < 4.78 is 22.6. The summed E-state index contributed by atoms with van der Waals surface area (Å²) in [6.45, 7) is 13.7. The Morgan fingerprint density at radius 3 is 2.31 bits per heavy atom. The second-order valence-corrected chi connectivity index (χ2v) is 15.1. The highest BCUT2D eigenvalue weighted by Crippen LogP contribution is 2.39. The van der Waals surface area contributed by atoms with Crippen molar-refractivity contribution in [3.8, 4) is 11.3 Å². The van der Waals surface area contributed by atoms with Gasteiger partial charge in [0.1, 0.15) is 24.0 Å². The van der Waals surface area contributed by atoms with Crippen molar-refractivity contribution in [2.45, 2.75) is 40.4 Å². The molecule has 0 unspecified atom stereocenters. The predicted octanol–water partition coefficient (Wildman–Crippen LogP) is 6.84. The number of hydrogen-bond acceptors (Lipinski definition) is 1. The Bertz CT molecular complexity index is 1560. The zero-order chi connectivity index (χ0) is 22.9. The molecule has 4 heteroatoms. The highest BCUT2D eigenvalue weighted by Gasteiger charge is 2.29. The zero-order valence-electron chi connectivity index (χ0n) is 19.9. The average molecular weight is 443 g/mol. The molecule has 0 radical (unpaired) electrons. The lowest BCUT2D eigenvalue weighted by molar-refractivity contribution is -0.633. The number of fused-ring (bicyclic) bond motifs is 4. The topological polar surface area (TPSA) is 17.0 Å². The monoisotopic (exact) mass is 442 g/mol. The maximum absolute atomic E-state index is 14.0. The minimum atomic E-state index is -1.64. The molecule has 0 aliphatic rings. The Morgan fingerprint density at radius 1 is 0.844 bits per heavy atom. The third-order valence-corrected chi connectivity index (χ3v) is 8.84. The van der Waals surface area contributed by atoms with Crippen LogP contribution in [-0.2, 0) is 7.05 Å². The van der Waals surface area contributed by atoms with Crippen molar-refractivity contribution in [3.05, 3.63) is 71.0 Å². The van der Waals surface area contributed by atoms with E-state index in [-0.39, 0.29) is 5.82 Å². The summed E-state index contributed by atoms with van der Waals surface area (Å²) in [5.41, 5.74) is 8.60. The normalized spacial score (nSPS) is 12.4. The second-order valence-electron chi connectivity index (χ2n) is 10.0. The van der Waals surface area contributed by atoms with Crippen LogP contribution in [0.15, 0.2) is 52.9 Å². The Hall–Kier alpha value is -2.98. The molecule has 0 aliphatic carbocycles. The molecule has 5 rings (SSSR count). The first kappa shape index (κ1) is 20.9. The number of para-hydroxylation sites is 1. The summed E-state index contributed by atoms with van der Waals surface area (Å²) in [6, 6.07) is 16.0. The van der Waals surface area contributed by atoms with Crippen molar-refractivity contribution in [3.63, 3.8) is 0 Å². The van der Waals surface area contributed by atoms with Crippen molar-refractivity contribution in [2.75, 3.05) is 0 Å². The SMILES string of the molecule is Cc1cc2c(oc3cc(F)ccc32)c(-c2cc([Si](C)(C)C)c3cccc(C)c3[n+]2C)c1C. The first-order valence-corrected chi connectivity index (χ1v) is 14.6. The number of pyridine rings is 1. The lowest BCUT2D eigenvalue weighted by Crippen LogP contribution is -2.43. The van der Waals surface area contributed by atoms with Crippen LogP contribution in [0.4, 0.5) is 4.39 Å². The Balaban J connectivity index is 2.00. The van der Waals surface area contributed by atoms with E-state index in [2.05, 4.69) is 82.4 Å². The van der Waals surface area contributed by atoms with Crippen LogP contribution in [0.1, 0.15) is 16.7 Å². The quantitative estimate of drug-likeness (QED) is 0.216. The second kappa shape index (κ2) is 7.01. The molecular weight excluding hydrogens is 413 g/mol. The van der Waals surface area contributed by atoms with Gasteiger partial charge < -0.3 is 4.42 Å². The van der Waals surface area contributed by atoms with Crippen molar-refractivity contribution in [1.82, 2.24) is 0 Å². The summed E-state index contributed by atoms with van der Waals surface area (Å²) in [7, 11) is 0.508. The third-order valence-electron chi connectivity index (χ3n) is 6.81. The molecule has 3 aromatic carbocycles. The van der Waals surface area contributed by atoms with Gasteiger partial charge in [0.15, 0.2) is 0 Å². The first-order valence-electron chi connectivity index (χ1n) is 11.1. The summed E-state index contributed by atoms with van der Waals surface area (Å²) >= 11 is 0. The highest BCUT2D eigenvalue weighted by atomic mass is 28.3. The van der Waals surface area contributed by atoms with Gasteiger partial charge in [-0.2, -0.15) is 4.57 Å². The number of furan rings is 1. The summed E-state index contributed by atoms with van der Waals surface area (Å²) in [6.07, 6.45) is 0. The molecule has 5 aromatic rings. The van der Waals surface area contributed by atoms with E-state index in [4.69, 9.17) is 4.42 Å². The van der Waals surface area contributed by atoms with E-state index in [0.29, 0.717) is 5.58 Å². The molecule has 0 amide bonds. The van der Waals surface area contributed by atoms with E-state index >= 15 is 0 Å². The lowest BCUT2D eigenvalue weighted by Gasteiger charge is -2.21. The van der Waals surface area contributed by atoms with Crippen LogP contribution in [0.3, 0.4) is 0 Å². The van der Waals surface area contributed by atoms with Gasteiger partial charge in [0.2, 0.25) is 11.2 Å². The van der Waals surface area contributed by atoms with Crippen LogP contribution >= 0.6 is 0 Å². The van der Waals surface area contributed by atoms with Gasteiger partial charge in [0, 0.05) is 33.9 Å². The van der Waals surface area contributed by atoms with E-state index in [1.165, 1.54) is 44.9 Å². The van der Waals surface area contributed by atoms with E-state index in [1.54, 1.807) is 0 Å². The van der Waals surface area contributed by atoms with E-state index in [1.807, 2.05) is 6.07 Å². The molecule has 0 spiro atoms. The van der Waals surface area contributed by atoms with Gasteiger partial charge in [0.05, 0.1) is 13.6 Å². The molecule has 2 heterocycles. The minimum absolute atomic E-state index is 0.278. The molecule has 2 nitrogen and oxygen atoms in total. The minimum Gasteiger partial charge on any atom is -0.455 e. The maximum atomic E-state index is 14.0. The Morgan fingerprint density at radius 2 is 1.59 bits per heavy atom. The van der Waals surface area contributed by atoms with Crippen LogP contribution in [0, 0.1) is 26.6 Å². The van der Waals surface area contributed by atoms with Crippen molar-refractivity contribution in [1.29, 1.82) is 0 Å². The molecule has 32 heavy (non-hydrogen) atoms. The van der Waals surface area contributed by atoms with Crippen molar-refractivity contribution < 1.29 is 13.4 Å². The van der Waals surface area contributed by atoms with Crippen LogP contribution in [-0.4, -0.2) is 8.07 Å². The molecule has 0 fully saturated rings. The summed E-state index contributed by atoms with van der Waals surface area (Å²) in [5.74, 6) is -0.278. The highest BCUT2D eigenvalue weighted by molar-refractivity contribution is 6.90. The number of rotatable bonds is 2. The number of hydrogen-bond donors (Lipinski definition) is 0. The van der Waals surface area contributed by atoms with Gasteiger partial charge >= 0.3 is 0 Å². The van der Waals surface area contributed by atoms with Crippen molar-refractivity contribution >= 4 is 46.1 Å². The van der Waals surface area contributed by atoms with Gasteiger partial charge in [-0.3, -0.25) is 0 Å². The van der Waals surface area contributed by atoms with Crippen LogP contribution in [0.5, 0.6) is 0 Å². The number of aryl methyl sites for hydroxylation is 3. The summed E-state index contributed by atoms with van der Waals surface area (Å²) in [4.78, 5) is 0. The average Bonchev–Trinajstić information content (AvgIpc) is 3.05. The maximum Gasteiger partial charge on any atom is 0.216 e. The van der Waals surface area contributed by atoms with Crippen LogP contribution in [0.2, 0.25) is 19.6 Å². The Kier molecular flexibility index (Phi) is 4.58. The van der Waals surface area contributed by atoms with Gasteiger partial charge in [-0.25, -0.2) is 4.39 Å². The molecule has 0 aliphatic heterocycles. The smallest absolute Gasteiger partial charge is 0.216 e. The molecule has 0 atom stereocenters. The van der Waals surface area contributed by atoms with Crippen LogP contribution in [0.25, 0.3) is 44.1 Å². The van der Waals surface area contributed by atoms with E-state index in [9.17, 15) is 4.39 Å². The predicted molar refractivity (Wildman–Crippen MR) is 135 cm³/mol. The molecule has 0 saturated carbocycles. The van der Waals surface area contributed by atoms with Gasteiger partial charge in [-0.15, -0.1) is 0 Å².